The van der Waals surface area contributed by atoms with Crippen LogP contribution in [-0.4, -0.2) is 24.2 Å². The molecule has 0 radical (unpaired) electrons. The van der Waals surface area contributed by atoms with Crippen molar-refractivity contribution in [3.63, 3.8) is 0 Å². The summed E-state index contributed by atoms with van der Waals surface area (Å²) in [5, 5.41) is 3.62. The molecular formula is C14H16ClN3O2. The van der Waals surface area contributed by atoms with Gasteiger partial charge in [0.05, 0.1) is 14.2 Å². The summed E-state index contributed by atoms with van der Waals surface area (Å²) in [6.07, 6.45) is 0. The molecule has 0 saturated heterocycles. The molecule has 0 aliphatic carbocycles. The third kappa shape index (κ3) is 3.51. The van der Waals surface area contributed by atoms with E-state index in [-0.39, 0.29) is 0 Å². The van der Waals surface area contributed by atoms with Gasteiger partial charge in [0.25, 0.3) is 0 Å². The highest BCUT2D eigenvalue weighted by atomic mass is 35.5. The molecular weight excluding hydrogens is 278 g/mol. The van der Waals surface area contributed by atoms with E-state index in [1.165, 1.54) is 0 Å². The number of halogens is 1. The molecule has 20 heavy (non-hydrogen) atoms. The molecule has 1 aromatic heterocycles. The second kappa shape index (κ2) is 6.43. The van der Waals surface area contributed by atoms with E-state index in [0.29, 0.717) is 23.3 Å². The zero-order chi connectivity index (χ0) is 14.5. The largest absolute Gasteiger partial charge is 0.497 e. The molecule has 0 aliphatic heterocycles. The first-order valence-corrected chi connectivity index (χ1v) is 6.46. The normalized spacial score (nSPS) is 10.2. The summed E-state index contributed by atoms with van der Waals surface area (Å²) in [5.74, 6) is 2.82. The molecule has 0 saturated carbocycles. The smallest absolute Gasteiger partial charge is 0.134 e. The van der Waals surface area contributed by atoms with Gasteiger partial charge in [0.1, 0.15) is 28.3 Å². The van der Waals surface area contributed by atoms with E-state index < -0.39 is 0 Å². The molecule has 6 heteroatoms. The zero-order valence-electron chi connectivity index (χ0n) is 11.6. The number of hydrogen-bond donors (Lipinski definition) is 1. The van der Waals surface area contributed by atoms with Gasteiger partial charge in [0.2, 0.25) is 0 Å². The van der Waals surface area contributed by atoms with Gasteiger partial charge in [-0.1, -0.05) is 11.6 Å². The maximum absolute atomic E-state index is 5.90. The van der Waals surface area contributed by atoms with Crippen molar-refractivity contribution < 1.29 is 9.47 Å². The van der Waals surface area contributed by atoms with Crippen LogP contribution in [0.2, 0.25) is 5.15 Å². The van der Waals surface area contributed by atoms with Gasteiger partial charge in [0, 0.05) is 24.2 Å². The van der Waals surface area contributed by atoms with Crippen molar-refractivity contribution in [3.05, 3.63) is 40.8 Å². The number of aromatic nitrogens is 2. The van der Waals surface area contributed by atoms with E-state index >= 15 is 0 Å². The molecule has 1 N–H and O–H groups in total. The second-order valence-electron chi connectivity index (χ2n) is 4.15. The van der Waals surface area contributed by atoms with Crippen LogP contribution in [0, 0.1) is 6.92 Å². The second-order valence-corrected chi connectivity index (χ2v) is 4.54. The van der Waals surface area contributed by atoms with Crippen molar-refractivity contribution in [2.75, 3.05) is 19.5 Å². The summed E-state index contributed by atoms with van der Waals surface area (Å²) in [7, 11) is 3.25. The number of methoxy groups -OCH3 is 2. The number of rotatable bonds is 5. The van der Waals surface area contributed by atoms with Crippen molar-refractivity contribution in [3.8, 4) is 11.5 Å². The number of anilines is 1. The number of aryl methyl sites for hydroxylation is 1. The lowest BCUT2D eigenvalue weighted by atomic mass is 10.2. The summed E-state index contributed by atoms with van der Waals surface area (Å²) in [6, 6.07) is 7.36. The third-order valence-electron chi connectivity index (χ3n) is 2.76. The average Bonchev–Trinajstić information content (AvgIpc) is 2.44. The highest BCUT2D eigenvalue weighted by Gasteiger charge is 2.06. The van der Waals surface area contributed by atoms with Gasteiger partial charge in [0.15, 0.2) is 0 Å². The number of hydrogen-bond acceptors (Lipinski definition) is 5. The lowest BCUT2D eigenvalue weighted by Gasteiger charge is -2.12. The van der Waals surface area contributed by atoms with E-state index in [9.17, 15) is 0 Å². The summed E-state index contributed by atoms with van der Waals surface area (Å²) in [6.45, 7) is 2.37. The van der Waals surface area contributed by atoms with Crippen LogP contribution in [0.4, 0.5) is 5.82 Å². The summed E-state index contributed by atoms with van der Waals surface area (Å²) in [5.41, 5.74) is 1.00. The van der Waals surface area contributed by atoms with Crippen LogP contribution in [0.3, 0.4) is 0 Å². The fourth-order valence-corrected chi connectivity index (χ4v) is 2.03. The van der Waals surface area contributed by atoms with Crippen molar-refractivity contribution in [1.29, 1.82) is 0 Å². The molecule has 0 fully saturated rings. The molecule has 0 aliphatic rings. The standard InChI is InChI=1S/C14H16ClN3O2/c1-9-17-13(15)7-14(18-9)16-8-10-4-5-11(19-2)6-12(10)20-3/h4-7H,8H2,1-3H3,(H,16,17,18). The number of ether oxygens (including phenoxy) is 2. The summed E-state index contributed by atoms with van der Waals surface area (Å²) in [4.78, 5) is 8.28. The number of benzene rings is 1. The predicted octanol–water partition coefficient (Wildman–Crippen LogP) is 3.07. The Morgan fingerprint density at radius 3 is 2.60 bits per heavy atom. The van der Waals surface area contributed by atoms with Crippen LogP contribution >= 0.6 is 11.6 Å². The minimum atomic E-state index is 0.418. The lowest BCUT2D eigenvalue weighted by molar-refractivity contribution is 0.391. The van der Waals surface area contributed by atoms with Crippen LogP contribution in [0.5, 0.6) is 11.5 Å². The molecule has 0 spiro atoms. The lowest BCUT2D eigenvalue weighted by Crippen LogP contribution is -2.04. The fourth-order valence-electron chi connectivity index (χ4n) is 1.81. The molecule has 2 aromatic rings. The van der Waals surface area contributed by atoms with Crippen LogP contribution in [-0.2, 0) is 6.54 Å². The third-order valence-corrected chi connectivity index (χ3v) is 2.95. The highest BCUT2D eigenvalue weighted by Crippen LogP contribution is 2.25. The molecule has 1 heterocycles. The van der Waals surface area contributed by atoms with Gasteiger partial charge in [-0.05, 0) is 19.1 Å². The van der Waals surface area contributed by atoms with Crippen LogP contribution in [0.25, 0.3) is 0 Å². The van der Waals surface area contributed by atoms with Crippen molar-refractivity contribution >= 4 is 17.4 Å². The van der Waals surface area contributed by atoms with Crippen molar-refractivity contribution in [2.24, 2.45) is 0 Å². The zero-order valence-corrected chi connectivity index (χ0v) is 12.4. The molecule has 2 rings (SSSR count). The first kappa shape index (κ1) is 14.4. The Bertz CT molecular complexity index is 585. The van der Waals surface area contributed by atoms with E-state index in [0.717, 1.165) is 17.1 Å². The fraction of sp³-hybridized carbons (Fsp3) is 0.286. The first-order chi connectivity index (χ1) is 9.62. The highest BCUT2D eigenvalue weighted by molar-refractivity contribution is 6.29. The van der Waals surface area contributed by atoms with E-state index in [1.54, 1.807) is 27.2 Å². The van der Waals surface area contributed by atoms with Gasteiger partial charge < -0.3 is 14.8 Å². The Morgan fingerprint density at radius 1 is 1.15 bits per heavy atom. The monoisotopic (exact) mass is 293 g/mol. The van der Waals surface area contributed by atoms with Gasteiger partial charge in [-0.3, -0.25) is 0 Å². The molecule has 106 valence electrons. The summed E-state index contributed by atoms with van der Waals surface area (Å²) < 4.78 is 10.5. The molecule has 0 bridgehead atoms. The SMILES string of the molecule is COc1ccc(CNc2cc(Cl)nc(C)n2)c(OC)c1. The quantitative estimate of drug-likeness (QED) is 0.859. The van der Waals surface area contributed by atoms with Gasteiger partial charge in [-0.25, -0.2) is 9.97 Å². The molecule has 0 atom stereocenters. The Kier molecular flexibility index (Phi) is 4.63. The molecule has 0 amide bonds. The molecule has 0 unspecified atom stereocenters. The number of nitrogens with one attached hydrogen (secondary N) is 1. The van der Waals surface area contributed by atoms with Crippen LogP contribution < -0.4 is 14.8 Å². The Morgan fingerprint density at radius 2 is 1.95 bits per heavy atom. The van der Waals surface area contributed by atoms with Crippen LogP contribution in [0.1, 0.15) is 11.4 Å². The topological polar surface area (TPSA) is 56.3 Å². The molecule has 1 aromatic carbocycles. The Balaban J connectivity index is 2.14. The van der Waals surface area contributed by atoms with Gasteiger partial charge >= 0.3 is 0 Å². The first-order valence-electron chi connectivity index (χ1n) is 6.08. The minimum absolute atomic E-state index is 0.418. The van der Waals surface area contributed by atoms with E-state index in [4.69, 9.17) is 21.1 Å². The maximum atomic E-state index is 5.90. The maximum Gasteiger partial charge on any atom is 0.134 e. The molecule has 5 nitrogen and oxygen atoms in total. The minimum Gasteiger partial charge on any atom is -0.497 e. The van der Waals surface area contributed by atoms with Crippen molar-refractivity contribution in [1.82, 2.24) is 9.97 Å². The van der Waals surface area contributed by atoms with Gasteiger partial charge in [-0.2, -0.15) is 0 Å². The summed E-state index contributed by atoms with van der Waals surface area (Å²) >= 11 is 5.90. The van der Waals surface area contributed by atoms with Crippen LogP contribution in [0.15, 0.2) is 24.3 Å². The van der Waals surface area contributed by atoms with Crippen molar-refractivity contribution in [2.45, 2.75) is 13.5 Å². The number of nitrogens with zero attached hydrogens (tertiary/aromatic N) is 2. The average molecular weight is 294 g/mol. The Hall–Kier alpha value is -2.01. The Labute approximate surface area is 122 Å². The van der Waals surface area contributed by atoms with E-state index in [2.05, 4.69) is 15.3 Å². The van der Waals surface area contributed by atoms with E-state index in [1.807, 2.05) is 18.2 Å². The predicted molar refractivity (Wildman–Crippen MR) is 78.7 cm³/mol. The van der Waals surface area contributed by atoms with Gasteiger partial charge in [-0.15, -0.1) is 0 Å².